The molecule has 2 fully saturated rings. The Kier molecular flexibility index (Phi) is 4.19. The Morgan fingerprint density at radius 2 is 2.25 bits per heavy atom. The molecule has 4 nitrogen and oxygen atoms in total. The van der Waals surface area contributed by atoms with Crippen LogP contribution in [0.2, 0.25) is 0 Å². The van der Waals surface area contributed by atoms with Crippen LogP contribution in [0.15, 0.2) is 0 Å². The van der Waals surface area contributed by atoms with Crippen molar-refractivity contribution in [3.8, 4) is 0 Å². The van der Waals surface area contributed by atoms with Crippen molar-refractivity contribution in [2.24, 2.45) is 5.92 Å². The van der Waals surface area contributed by atoms with E-state index >= 15 is 0 Å². The summed E-state index contributed by atoms with van der Waals surface area (Å²) in [5, 5.41) is 3.61. The number of likely N-dealkylation sites (N-methyl/N-ethyl adjacent to an activating group) is 1. The lowest BCUT2D eigenvalue weighted by Gasteiger charge is -2.39. The molecule has 0 amide bonds. The second-order valence-electron chi connectivity index (χ2n) is 5.40. The minimum atomic E-state index is 0.500. The van der Waals surface area contributed by atoms with Crippen molar-refractivity contribution in [2.45, 2.75) is 18.5 Å². The lowest BCUT2D eigenvalue weighted by Crippen LogP contribution is -2.56. The topological polar surface area (TPSA) is 27.7 Å². The lowest BCUT2D eigenvalue weighted by molar-refractivity contribution is 0.0315. The Morgan fingerprint density at radius 1 is 1.44 bits per heavy atom. The van der Waals surface area contributed by atoms with Gasteiger partial charge in [-0.15, -0.1) is 0 Å². The van der Waals surface area contributed by atoms with Gasteiger partial charge in [0.15, 0.2) is 0 Å². The summed E-state index contributed by atoms with van der Waals surface area (Å²) in [6.45, 7) is 5.19. The zero-order valence-electron chi connectivity index (χ0n) is 10.8. The third kappa shape index (κ3) is 2.74. The average Bonchev–Trinajstić information content (AvgIpc) is 2.66. The fourth-order valence-corrected chi connectivity index (χ4v) is 3.16. The number of nitrogens with one attached hydrogen (secondary N) is 1. The lowest BCUT2D eigenvalue weighted by atomic mass is 9.91. The highest BCUT2D eigenvalue weighted by Gasteiger charge is 2.35. The molecule has 94 valence electrons. The van der Waals surface area contributed by atoms with Crippen LogP contribution in [0.5, 0.6) is 0 Å². The number of nitrogens with zero attached hydrogens (tertiary/aromatic N) is 2. The number of hydrogen-bond acceptors (Lipinski definition) is 4. The SMILES string of the molecule is CN1CCC(C(C2COCCN2)N(C)C)C1. The molecule has 1 N–H and O–H groups in total. The van der Waals surface area contributed by atoms with Crippen LogP contribution in [0.25, 0.3) is 0 Å². The summed E-state index contributed by atoms with van der Waals surface area (Å²) in [7, 11) is 6.61. The van der Waals surface area contributed by atoms with Crippen LogP contribution in [0.4, 0.5) is 0 Å². The molecular weight excluding hydrogens is 202 g/mol. The highest BCUT2D eigenvalue weighted by atomic mass is 16.5. The van der Waals surface area contributed by atoms with Gasteiger partial charge >= 0.3 is 0 Å². The van der Waals surface area contributed by atoms with E-state index in [1.165, 1.54) is 19.5 Å². The maximum absolute atomic E-state index is 5.60. The molecule has 0 radical (unpaired) electrons. The number of hydrogen-bond donors (Lipinski definition) is 1. The van der Waals surface area contributed by atoms with E-state index in [4.69, 9.17) is 4.74 Å². The highest BCUT2D eigenvalue weighted by molar-refractivity contribution is 4.92. The van der Waals surface area contributed by atoms with Crippen molar-refractivity contribution in [3.05, 3.63) is 0 Å². The molecule has 0 aromatic rings. The number of morpholine rings is 1. The Labute approximate surface area is 98.9 Å². The Balaban J connectivity index is 1.98. The molecule has 3 unspecified atom stereocenters. The van der Waals surface area contributed by atoms with E-state index in [9.17, 15) is 0 Å². The van der Waals surface area contributed by atoms with Gasteiger partial charge in [0.05, 0.1) is 13.2 Å². The molecule has 0 aromatic carbocycles. The quantitative estimate of drug-likeness (QED) is 0.726. The number of likely N-dealkylation sites (tertiary alicyclic amines) is 1. The molecule has 0 aromatic heterocycles. The van der Waals surface area contributed by atoms with Crippen molar-refractivity contribution in [3.63, 3.8) is 0 Å². The van der Waals surface area contributed by atoms with Crippen molar-refractivity contribution < 1.29 is 4.74 Å². The predicted molar refractivity (Wildman–Crippen MR) is 65.7 cm³/mol. The van der Waals surface area contributed by atoms with Crippen LogP contribution in [0.3, 0.4) is 0 Å². The number of ether oxygens (including phenoxy) is 1. The molecule has 0 spiro atoms. The van der Waals surface area contributed by atoms with Gasteiger partial charge in [-0.2, -0.15) is 0 Å². The van der Waals surface area contributed by atoms with E-state index in [0.29, 0.717) is 12.1 Å². The summed E-state index contributed by atoms with van der Waals surface area (Å²) in [5.74, 6) is 0.777. The largest absolute Gasteiger partial charge is 0.378 e. The molecule has 0 bridgehead atoms. The summed E-state index contributed by atoms with van der Waals surface area (Å²) in [6, 6.07) is 1.10. The monoisotopic (exact) mass is 227 g/mol. The Morgan fingerprint density at radius 3 is 2.75 bits per heavy atom. The summed E-state index contributed by atoms with van der Waals surface area (Å²) in [5.41, 5.74) is 0. The van der Waals surface area contributed by atoms with Crippen LogP contribution in [0, 0.1) is 5.92 Å². The van der Waals surface area contributed by atoms with E-state index in [2.05, 4.69) is 36.3 Å². The first kappa shape index (κ1) is 12.3. The van der Waals surface area contributed by atoms with Crippen LogP contribution < -0.4 is 5.32 Å². The normalized spacial score (nSPS) is 34.5. The maximum atomic E-state index is 5.60. The molecule has 4 heteroatoms. The zero-order valence-corrected chi connectivity index (χ0v) is 10.8. The van der Waals surface area contributed by atoms with Gasteiger partial charge in [-0.05, 0) is 40.0 Å². The summed E-state index contributed by atoms with van der Waals surface area (Å²) in [4.78, 5) is 4.81. The first-order chi connectivity index (χ1) is 7.68. The summed E-state index contributed by atoms with van der Waals surface area (Å²) in [6.07, 6.45) is 1.32. The third-order valence-corrected chi connectivity index (χ3v) is 3.87. The standard InChI is InChI=1S/C12H25N3O/c1-14(2)12(10-4-6-15(3)8-10)11-9-16-7-5-13-11/h10-13H,4-9H2,1-3H3. The first-order valence-corrected chi connectivity index (χ1v) is 6.34. The third-order valence-electron chi connectivity index (χ3n) is 3.87. The molecule has 2 rings (SSSR count). The average molecular weight is 227 g/mol. The first-order valence-electron chi connectivity index (χ1n) is 6.34. The molecule has 2 aliphatic rings. The molecule has 2 saturated heterocycles. The van der Waals surface area contributed by atoms with Crippen molar-refractivity contribution in [1.29, 1.82) is 0 Å². The Bertz CT molecular complexity index is 212. The van der Waals surface area contributed by atoms with Crippen molar-refractivity contribution in [1.82, 2.24) is 15.1 Å². The van der Waals surface area contributed by atoms with Gasteiger partial charge in [-0.1, -0.05) is 0 Å². The van der Waals surface area contributed by atoms with E-state index < -0.39 is 0 Å². The van der Waals surface area contributed by atoms with Gasteiger partial charge in [0.1, 0.15) is 0 Å². The van der Waals surface area contributed by atoms with Gasteiger partial charge < -0.3 is 19.9 Å². The fourth-order valence-electron chi connectivity index (χ4n) is 3.16. The van der Waals surface area contributed by atoms with Crippen LogP contribution in [-0.4, -0.2) is 75.9 Å². The molecular formula is C12H25N3O. The molecule has 2 aliphatic heterocycles. The minimum absolute atomic E-state index is 0.500. The summed E-state index contributed by atoms with van der Waals surface area (Å²) < 4.78 is 5.60. The van der Waals surface area contributed by atoms with E-state index in [1.807, 2.05) is 0 Å². The number of rotatable bonds is 3. The second-order valence-corrected chi connectivity index (χ2v) is 5.40. The summed E-state index contributed by atoms with van der Waals surface area (Å²) >= 11 is 0. The van der Waals surface area contributed by atoms with Crippen molar-refractivity contribution >= 4 is 0 Å². The fraction of sp³-hybridized carbons (Fsp3) is 1.00. The van der Waals surface area contributed by atoms with Crippen molar-refractivity contribution in [2.75, 3.05) is 54.0 Å². The molecule has 0 saturated carbocycles. The second kappa shape index (κ2) is 5.45. The van der Waals surface area contributed by atoms with Gasteiger partial charge in [0.2, 0.25) is 0 Å². The molecule has 2 heterocycles. The Hall–Kier alpha value is -0.160. The van der Waals surface area contributed by atoms with E-state index in [1.54, 1.807) is 0 Å². The predicted octanol–water partition coefficient (Wildman–Crippen LogP) is -0.143. The minimum Gasteiger partial charge on any atom is -0.378 e. The zero-order chi connectivity index (χ0) is 11.5. The molecule has 16 heavy (non-hydrogen) atoms. The van der Waals surface area contributed by atoms with E-state index in [-0.39, 0.29) is 0 Å². The van der Waals surface area contributed by atoms with E-state index in [0.717, 1.165) is 25.7 Å². The highest BCUT2D eigenvalue weighted by Crippen LogP contribution is 2.24. The van der Waals surface area contributed by atoms with Crippen LogP contribution in [-0.2, 0) is 4.74 Å². The van der Waals surface area contributed by atoms with Crippen LogP contribution in [0.1, 0.15) is 6.42 Å². The maximum Gasteiger partial charge on any atom is 0.0635 e. The van der Waals surface area contributed by atoms with Gasteiger partial charge in [0, 0.05) is 25.2 Å². The van der Waals surface area contributed by atoms with Gasteiger partial charge in [-0.25, -0.2) is 0 Å². The van der Waals surface area contributed by atoms with Gasteiger partial charge in [0.25, 0.3) is 0 Å². The smallest absolute Gasteiger partial charge is 0.0635 e. The molecule has 3 atom stereocenters. The van der Waals surface area contributed by atoms with Crippen LogP contribution >= 0.6 is 0 Å². The molecule has 0 aliphatic carbocycles. The van der Waals surface area contributed by atoms with Gasteiger partial charge in [-0.3, -0.25) is 0 Å².